The predicted octanol–water partition coefficient (Wildman–Crippen LogP) is 4.15. The number of likely N-dealkylation sites (tertiary alicyclic amines) is 1. The van der Waals surface area contributed by atoms with Crippen LogP contribution >= 0.6 is 0 Å². The molecule has 2 aliphatic heterocycles. The molecule has 29 heavy (non-hydrogen) atoms. The van der Waals surface area contributed by atoms with Gasteiger partial charge in [0.05, 0.1) is 0 Å². The largest absolute Gasteiger partial charge is 0.425 e. The molecule has 0 unspecified atom stereocenters. The van der Waals surface area contributed by atoms with Crippen LogP contribution in [-0.2, 0) is 28.9 Å². The fraction of sp³-hybridized carbons (Fsp3) is 0.417. The topological polar surface area (TPSA) is 49.9 Å². The average Bonchev–Trinajstić information content (AvgIpc) is 3.29. The second-order valence-corrected chi connectivity index (χ2v) is 7.87. The van der Waals surface area contributed by atoms with Gasteiger partial charge in [-0.05, 0) is 42.4 Å². The van der Waals surface area contributed by atoms with E-state index in [0.29, 0.717) is 19.4 Å². The second-order valence-electron chi connectivity index (χ2n) is 7.87. The number of amides is 2. The lowest BCUT2D eigenvalue weighted by Crippen LogP contribution is -2.48. The van der Waals surface area contributed by atoms with E-state index in [1.165, 1.54) is 5.56 Å². The van der Waals surface area contributed by atoms with Crippen molar-refractivity contribution in [3.8, 4) is 0 Å². The molecule has 1 saturated heterocycles. The molecular weight excluding hydrogens is 364 g/mol. The van der Waals surface area contributed by atoms with Gasteiger partial charge >= 0.3 is 6.09 Å². The summed E-state index contributed by atoms with van der Waals surface area (Å²) in [4.78, 5) is 29.1. The molecule has 2 aliphatic rings. The van der Waals surface area contributed by atoms with Gasteiger partial charge in [-0.15, -0.1) is 0 Å². The van der Waals surface area contributed by atoms with E-state index >= 15 is 0 Å². The van der Waals surface area contributed by atoms with E-state index in [0.717, 1.165) is 49.9 Å². The zero-order valence-corrected chi connectivity index (χ0v) is 16.8. The van der Waals surface area contributed by atoms with Crippen LogP contribution in [0.15, 0.2) is 54.6 Å². The number of carbonyl (C=O) groups excluding carboxylic acids is 2. The fourth-order valence-electron chi connectivity index (χ4n) is 4.17. The molecule has 1 atom stereocenters. The minimum atomic E-state index is -0.526. The number of hydrogen-bond acceptors (Lipinski definition) is 3. The molecule has 2 heterocycles. The maximum atomic E-state index is 13.0. The van der Waals surface area contributed by atoms with Crippen molar-refractivity contribution in [3.63, 3.8) is 0 Å². The minimum absolute atomic E-state index is 0.0506. The molecule has 5 nitrogen and oxygen atoms in total. The molecule has 1 fully saturated rings. The summed E-state index contributed by atoms with van der Waals surface area (Å²) >= 11 is 0. The van der Waals surface area contributed by atoms with Gasteiger partial charge in [-0.25, -0.2) is 4.79 Å². The van der Waals surface area contributed by atoms with E-state index in [2.05, 4.69) is 24.3 Å². The molecule has 0 N–H and O–H groups in total. The average molecular weight is 392 g/mol. The first-order valence-corrected chi connectivity index (χ1v) is 10.6. The maximum Gasteiger partial charge on any atom is 0.411 e. The lowest BCUT2D eigenvalue weighted by atomic mass is 9.98. The summed E-state index contributed by atoms with van der Waals surface area (Å²) in [6, 6.07) is 18.3. The number of aryl methyl sites for hydroxylation is 1. The third kappa shape index (κ3) is 4.78. The molecule has 0 spiro atoms. The normalized spacial score (nSPS) is 18.4. The molecule has 0 radical (unpaired) electrons. The smallest absolute Gasteiger partial charge is 0.411 e. The number of hydrogen-bond donors (Lipinski definition) is 0. The molecule has 2 aromatic carbocycles. The Labute approximate surface area is 172 Å². The number of ether oxygens (including phenoxy) is 1. The Morgan fingerprint density at radius 3 is 2.38 bits per heavy atom. The van der Waals surface area contributed by atoms with Gasteiger partial charge in [0.2, 0.25) is 5.91 Å². The van der Waals surface area contributed by atoms with E-state index in [1.807, 2.05) is 30.3 Å². The van der Waals surface area contributed by atoms with Crippen LogP contribution in [0.3, 0.4) is 0 Å². The Morgan fingerprint density at radius 1 is 0.931 bits per heavy atom. The standard InChI is InChI=1S/C24H28N2O3/c27-22(14-8-11-19-9-2-1-3-10-19)26-18-21-13-5-4-12-20(21)17-23(26)29-24(28)25-15-6-7-16-25/h1-5,9-10,12-13,23H,6-8,11,14-18H2/t23-/m0/s1. The molecule has 2 amide bonds. The quantitative estimate of drug-likeness (QED) is 0.768. The van der Waals surface area contributed by atoms with Crippen molar-refractivity contribution in [1.82, 2.24) is 9.80 Å². The highest BCUT2D eigenvalue weighted by Crippen LogP contribution is 2.26. The Balaban J connectivity index is 1.42. The third-order valence-corrected chi connectivity index (χ3v) is 5.82. The predicted molar refractivity (Wildman–Crippen MR) is 111 cm³/mol. The lowest BCUT2D eigenvalue weighted by molar-refractivity contribution is -0.144. The maximum absolute atomic E-state index is 13.0. The number of rotatable bonds is 5. The molecule has 0 aromatic heterocycles. The number of fused-ring (bicyclic) bond motifs is 1. The van der Waals surface area contributed by atoms with Crippen LogP contribution in [0.1, 0.15) is 42.4 Å². The van der Waals surface area contributed by atoms with E-state index in [1.54, 1.807) is 9.80 Å². The van der Waals surface area contributed by atoms with E-state index in [9.17, 15) is 9.59 Å². The molecule has 5 heteroatoms. The van der Waals surface area contributed by atoms with Crippen molar-refractivity contribution in [1.29, 1.82) is 0 Å². The van der Waals surface area contributed by atoms with Crippen LogP contribution in [0.5, 0.6) is 0 Å². The first-order valence-electron chi connectivity index (χ1n) is 10.6. The summed E-state index contributed by atoms with van der Waals surface area (Å²) in [6.45, 7) is 1.98. The number of benzene rings is 2. The van der Waals surface area contributed by atoms with Crippen LogP contribution < -0.4 is 0 Å². The minimum Gasteiger partial charge on any atom is -0.425 e. The van der Waals surface area contributed by atoms with E-state index < -0.39 is 6.23 Å². The van der Waals surface area contributed by atoms with Gasteiger partial charge < -0.3 is 14.5 Å². The summed E-state index contributed by atoms with van der Waals surface area (Å²) in [5.74, 6) is 0.0506. The van der Waals surface area contributed by atoms with Crippen LogP contribution in [0.2, 0.25) is 0 Å². The van der Waals surface area contributed by atoms with E-state index in [4.69, 9.17) is 4.74 Å². The molecular formula is C24H28N2O3. The van der Waals surface area contributed by atoms with Gasteiger partial charge in [0.25, 0.3) is 0 Å². The SMILES string of the molecule is O=C(O[C@H]1Cc2ccccc2CN1C(=O)CCCc1ccccc1)N1CCCC1. The van der Waals surface area contributed by atoms with Crippen LogP contribution in [-0.4, -0.2) is 41.1 Å². The van der Waals surface area contributed by atoms with Crippen molar-refractivity contribution in [2.24, 2.45) is 0 Å². The highest BCUT2D eigenvalue weighted by atomic mass is 16.6. The van der Waals surface area contributed by atoms with Crippen molar-refractivity contribution in [3.05, 3.63) is 71.3 Å². The Kier molecular flexibility index (Phi) is 6.13. The molecule has 0 saturated carbocycles. The molecule has 0 aliphatic carbocycles. The van der Waals surface area contributed by atoms with Crippen LogP contribution in [0.4, 0.5) is 4.79 Å². The molecule has 4 rings (SSSR count). The van der Waals surface area contributed by atoms with Gasteiger partial charge in [-0.2, -0.15) is 0 Å². The van der Waals surface area contributed by atoms with Gasteiger partial charge in [0.1, 0.15) is 0 Å². The summed E-state index contributed by atoms with van der Waals surface area (Å²) in [5.41, 5.74) is 3.53. The fourth-order valence-corrected chi connectivity index (χ4v) is 4.17. The third-order valence-electron chi connectivity index (χ3n) is 5.82. The molecule has 0 bridgehead atoms. The Morgan fingerprint density at radius 2 is 1.62 bits per heavy atom. The van der Waals surface area contributed by atoms with Gasteiger partial charge in [0.15, 0.2) is 6.23 Å². The summed E-state index contributed by atoms with van der Waals surface area (Å²) in [6.07, 6.45) is 3.88. The van der Waals surface area contributed by atoms with E-state index in [-0.39, 0.29) is 12.0 Å². The Bertz CT molecular complexity index is 846. The zero-order valence-electron chi connectivity index (χ0n) is 16.8. The van der Waals surface area contributed by atoms with Crippen LogP contribution in [0.25, 0.3) is 0 Å². The highest BCUT2D eigenvalue weighted by Gasteiger charge is 2.33. The molecule has 152 valence electrons. The van der Waals surface area contributed by atoms with Gasteiger partial charge in [-0.3, -0.25) is 4.79 Å². The van der Waals surface area contributed by atoms with Gasteiger partial charge in [0, 0.05) is 32.5 Å². The van der Waals surface area contributed by atoms with Crippen molar-refractivity contribution < 1.29 is 14.3 Å². The van der Waals surface area contributed by atoms with Gasteiger partial charge in [-0.1, -0.05) is 54.6 Å². The molecule has 2 aromatic rings. The monoisotopic (exact) mass is 392 g/mol. The summed E-state index contributed by atoms with van der Waals surface area (Å²) < 4.78 is 5.82. The number of carbonyl (C=O) groups is 2. The number of nitrogens with zero attached hydrogens (tertiary/aromatic N) is 2. The first kappa shape index (κ1) is 19.5. The van der Waals surface area contributed by atoms with Crippen molar-refractivity contribution in [2.75, 3.05) is 13.1 Å². The Hall–Kier alpha value is -2.82. The van der Waals surface area contributed by atoms with Crippen molar-refractivity contribution >= 4 is 12.0 Å². The van der Waals surface area contributed by atoms with Crippen molar-refractivity contribution in [2.45, 2.75) is 51.3 Å². The first-order chi connectivity index (χ1) is 14.2. The van der Waals surface area contributed by atoms with Crippen LogP contribution in [0, 0.1) is 0 Å². The summed E-state index contributed by atoms with van der Waals surface area (Å²) in [7, 11) is 0. The zero-order chi connectivity index (χ0) is 20.1. The second kappa shape index (κ2) is 9.12. The summed E-state index contributed by atoms with van der Waals surface area (Å²) in [5, 5.41) is 0. The highest BCUT2D eigenvalue weighted by molar-refractivity contribution is 5.77. The lowest BCUT2D eigenvalue weighted by Gasteiger charge is -2.37.